The van der Waals surface area contributed by atoms with Crippen LogP contribution in [0.5, 0.6) is 0 Å². The third kappa shape index (κ3) is 9.73. The number of hydrogen-bond donors (Lipinski definition) is 1. The zero-order valence-electron chi connectivity index (χ0n) is 11.9. The van der Waals surface area contributed by atoms with Crippen molar-refractivity contribution in [3.05, 3.63) is 29.8 Å². The predicted molar refractivity (Wildman–Crippen MR) is 77.6 cm³/mol. The highest BCUT2D eigenvalue weighted by molar-refractivity contribution is 7.99. The number of halogens is 3. The van der Waals surface area contributed by atoms with E-state index in [0.717, 1.165) is 23.5 Å². The van der Waals surface area contributed by atoms with Gasteiger partial charge in [0.1, 0.15) is 6.61 Å². The van der Waals surface area contributed by atoms with Gasteiger partial charge in [-0.15, -0.1) is 11.8 Å². The van der Waals surface area contributed by atoms with Gasteiger partial charge in [0.2, 0.25) is 0 Å². The molecule has 1 aromatic rings. The summed E-state index contributed by atoms with van der Waals surface area (Å²) >= 11 is 1.48. The summed E-state index contributed by atoms with van der Waals surface area (Å²) in [5, 5.41) is 3.24. The summed E-state index contributed by atoms with van der Waals surface area (Å²) in [6.45, 7) is 1.14. The molecule has 7 heteroatoms. The van der Waals surface area contributed by atoms with E-state index in [1.807, 2.05) is 24.3 Å². The first-order valence-corrected chi connectivity index (χ1v) is 7.56. The summed E-state index contributed by atoms with van der Waals surface area (Å²) in [5.74, 6) is 0.502. The third-order valence-electron chi connectivity index (χ3n) is 2.50. The van der Waals surface area contributed by atoms with Gasteiger partial charge in [-0.2, -0.15) is 13.2 Å². The summed E-state index contributed by atoms with van der Waals surface area (Å²) in [7, 11) is 1.66. The Balaban J connectivity index is 2.16. The van der Waals surface area contributed by atoms with Crippen LogP contribution < -0.4 is 5.32 Å². The maximum Gasteiger partial charge on any atom is 0.411 e. The molecule has 21 heavy (non-hydrogen) atoms. The minimum atomic E-state index is -4.25. The second kappa shape index (κ2) is 10.0. The average molecular weight is 323 g/mol. The van der Waals surface area contributed by atoms with Crippen molar-refractivity contribution in [3.8, 4) is 0 Å². The molecule has 1 rings (SSSR count). The van der Waals surface area contributed by atoms with Crippen LogP contribution in [0.4, 0.5) is 13.2 Å². The molecule has 0 aliphatic rings. The van der Waals surface area contributed by atoms with Crippen molar-refractivity contribution >= 4 is 11.8 Å². The first-order valence-electron chi connectivity index (χ1n) is 6.57. The second-order valence-electron chi connectivity index (χ2n) is 4.33. The van der Waals surface area contributed by atoms with Crippen molar-refractivity contribution < 1.29 is 22.6 Å². The van der Waals surface area contributed by atoms with Gasteiger partial charge >= 0.3 is 6.18 Å². The zero-order valence-corrected chi connectivity index (χ0v) is 12.7. The van der Waals surface area contributed by atoms with Crippen LogP contribution in [-0.4, -0.2) is 45.4 Å². The van der Waals surface area contributed by atoms with E-state index in [0.29, 0.717) is 12.4 Å². The molecule has 1 N–H and O–H groups in total. The normalized spacial score (nSPS) is 11.8. The van der Waals surface area contributed by atoms with Crippen molar-refractivity contribution in [2.75, 3.05) is 39.2 Å². The highest BCUT2D eigenvalue weighted by Gasteiger charge is 2.27. The molecule has 0 bridgehead atoms. The molecule has 0 saturated carbocycles. The molecule has 0 fully saturated rings. The number of benzene rings is 1. The van der Waals surface area contributed by atoms with Gasteiger partial charge in [-0.1, -0.05) is 12.1 Å². The Kier molecular flexibility index (Phi) is 8.75. The minimum Gasteiger partial charge on any atom is -0.383 e. The van der Waals surface area contributed by atoms with E-state index in [9.17, 15) is 13.2 Å². The van der Waals surface area contributed by atoms with E-state index >= 15 is 0 Å². The molecule has 120 valence electrons. The van der Waals surface area contributed by atoms with E-state index < -0.39 is 12.8 Å². The molecular weight excluding hydrogens is 303 g/mol. The lowest BCUT2D eigenvalue weighted by Crippen LogP contribution is -2.18. The van der Waals surface area contributed by atoms with Gasteiger partial charge in [-0.3, -0.25) is 0 Å². The maximum atomic E-state index is 11.9. The summed E-state index contributed by atoms with van der Waals surface area (Å²) in [5.41, 5.74) is 1.16. The van der Waals surface area contributed by atoms with Crippen LogP contribution in [0.15, 0.2) is 29.2 Å². The topological polar surface area (TPSA) is 30.5 Å². The Hall–Kier alpha value is -0.760. The molecule has 0 saturated heterocycles. The Morgan fingerprint density at radius 2 is 1.86 bits per heavy atom. The molecule has 0 heterocycles. The monoisotopic (exact) mass is 323 g/mol. The van der Waals surface area contributed by atoms with Crippen LogP contribution in [0.1, 0.15) is 5.56 Å². The van der Waals surface area contributed by atoms with Crippen molar-refractivity contribution in [3.63, 3.8) is 0 Å². The molecule has 0 spiro atoms. The van der Waals surface area contributed by atoms with E-state index in [4.69, 9.17) is 4.74 Å². The Morgan fingerprint density at radius 3 is 2.48 bits per heavy atom. The molecule has 3 nitrogen and oxygen atoms in total. The molecule has 0 unspecified atom stereocenters. The lowest BCUT2D eigenvalue weighted by Gasteiger charge is -2.08. The number of alkyl halides is 3. The fraction of sp³-hybridized carbons (Fsp3) is 0.571. The van der Waals surface area contributed by atoms with Crippen LogP contribution in [0, 0.1) is 0 Å². The van der Waals surface area contributed by atoms with Gasteiger partial charge in [-0.25, -0.2) is 0 Å². The number of hydrogen-bond acceptors (Lipinski definition) is 4. The lowest BCUT2D eigenvalue weighted by molar-refractivity contribution is -0.172. The van der Waals surface area contributed by atoms with E-state index in [-0.39, 0.29) is 6.61 Å². The molecule has 1 aromatic carbocycles. The molecule has 0 atom stereocenters. The molecule has 0 aliphatic carbocycles. The van der Waals surface area contributed by atoms with Crippen molar-refractivity contribution in [2.45, 2.75) is 17.6 Å². The van der Waals surface area contributed by atoms with E-state index in [1.165, 1.54) is 11.8 Å². The van der Waals surface area contributed by atoms with Gasteiger partial charge in [0, 0.05) is 30.8 Å². The standard InChI is InChI=1S/C14H20F3NO2S/c1-19-7-6-18-10-12-2-4-13(5-3-12)21-9-8-20-11-14(15,16)17/h2-5,18H,6-11H2,1H3. The summed E-state index contributed by atoms with van der Waals surface area (Å²) in [6, 6.07) is 7.92. The van der Waals surface area contributed by atoms with E-state index in [1.54, 1.807) is 7.11 Å². The predicted octanol–water partition coefficient (Wildman–Crippen LogP) is 3.09. The number of methoxy groups -OCH3 is 1. The number of nitrogens with one attached hydrogen (secondary N) is 1. The van der Waals surface area contributed by atoms with Crippen LogP contribution >= 0.6 is 11.8 Å². The number of rotatable bonds is 10. The molecule has 0 amide bonds. The zero-order chi connectivity index (χ0) is 15.6. The van der Waals surface area contributed by atoms with Gasteiger partial charge in [0.05, 0.1) is 13.2 Å². The van der Waals surface area contributed by atoms with Crippen LogP contribution in [0.3, 0.4) is 0 Å². The smallest absolute Gasteiger partial charge is 0.383 e. The SMILES string of the molecule is COCCNCc1ccc(SCCOCC(F)(F)F)cc1. The average Bonchev–Trinajstić information content (AvgIpc) is 2.43. The Labute approximate surface area is 127 Å². The fourth-order valence-electron chi connectivity index (χ4n) is 1.52. The van der Waals surface area contributed by atoms with Crippen molar-refractivity contribution in [1.29, 1.82) is 0 Å². The third-order valence-corrected chi connectivity index (χ3v) is 3.47. The van der Waals surface area contributed by atoms with Crippen LogP contribution in [-0.2, 0) is 16.0 Å². The molecule has 0 aromatic heterocycles. The summed E-state index contributed by atoms with van der Waals surface area (Å²) < 4.78 is 45.1. The quantitative estimate of drug-likeness (QED) is 0.529. The Morgan fingerprint density at radius 1 is 1.14 bits per heavy atom. The van der Waals surface area contributed by atoms with Gasteiger partial charge in [0.25, 0.3) is 0 Å². The lowest BCUT2D eigenvalue weighted by atomic mass is 10.2. The van der Waals surface area contributed by atoms with Gasteiger partial charge in [-0.05, 0) is 17.7 Å². The summed E-state index contributed by atoms with van der Waals surface area (Å²) in [6.07, 6.45) is -4.25. The van der Waals surface area contributed by atoms with Gasteiger partial charge < -0.3 is 14.8 Å². The number of thioether (sulfide) groups is 1. The van der Waals surface area contributed by atoms with Crippen molar-refractivity contribution in [1.82, 2.24) is 5.32 Å². The highest BCUT2D eigenvalue weighted by atomic mass is 32.2. The van der Waals surface area contributed by atoms with Crippen LogP contribution in [0.25, 0.3) is 0 Å². The van der Waals surface area contributed by atoms with E-state index in [2.05, 4.69) is 10.1 Å². The van der Waals surface area contributed by atoms with Gasteiger partial charge in [0.15, 0.2) is 0 Å². The van der Waals surface area contributed by atoms with Crippen LogP contribution in [0.2, 0.25) is 0 Å². The minimum absolute atomic E-state index is 0.0878. The summed E-state index contributed by atoms with van der Waals surface area (Å²) in [4.78, 5) is 1.02. The molecule has 0 radical (unpaired) electrons. The largest absolute Gasteiger partial charge is 0.411 e. The fourth-order valence-corrected chi connectivity index (χ4v) is 2.28. The molecular formula is C14H20F3NO2S. The first kappa shape index (κ1) is 18.3. The number of ether oxygens (including phenoxy) is 2. The molecule has 0 aliphatic heterocycles. The van der Waals surface area contributed by atoms with Crippen molar-refractivity contribution in [2.24, 2.45) is 0 Å². The highest BCUT2D eigenvalue weighted by Crippen LogP contribution is 2.19. The first-order chi connectivity index (χ1) is 10.0. The second-order valence-corrected chi connectivity index (χ2v) is 5.50. The Bertz CT molecular complexity index is 385. The maximum absolute atomic E-state index is 11.9.